The van der Waals surface area contributed by atoms with Crippen molar-refractivity contribution in [1.82, 2.24) is 15.0 Å². The first-order valence-electron chi connectivity index (χ1n) is 14.2. The number of hydrogen-bond acceptors (Lipinski definition) is 4. The number of aromatic nitrogens is 3. The molecule has 0 aliphatic heterocycles. The lowest BCUT2D eigenvalue weighted by Crippen LogP contribution is -2.55. The van der Waals surface area contributed by atoms with Crippen molar-refractivity contribution in [3.8, 4) is 0 Å². The van der Waals surface area contributed by atoms with E-state index in [0.29, 0.717) is 29.6 Å². The molecule has 0 amide bonds. The summed E-state index contributed by atoms with van der Waals surface area (Å²) in [5.41, 5.74) is 3.12. The number of Topliss-reactive ketones (excluding diaryl/α,β-unsaturated/α-hetero) is 1. The van der Waals surface area contributed by atoms with Gasteiger partial charge in [0.2, 0.25) is 0 Å². The van der Waals surface area contributed by atoms with Gasteiger partial charge in [0.15, 0.2) is 5.78 Å². The summed E-state index contributed by atoms with van der Waals surface area (Å²) in [5.74, 6) is 3.32. The maximum atomic E-state index is 13.7. The van der Waals surface area contributed by atoms with E-state index in [1.807, 2.05) is 11.6 Å². The number of nitrogens with zero attached hydrogens (tertiary/aromatic N) is 3. The van der Waals surface area contributed by atoms with Gasteiger partial charge in [0.1, 0.15) is 12.1 Å². The topological polar surface area (TPSA) is 68.0 Å². The number of hydrogen-bond donors (Lipinski definition) is 1. The summed E-state index contributed by atoms with van der Waals surface area (Å²) in [5, 5.41) is 19.5. The Labute approximate surface area is 210 Å². The summed E-state index contributed by atoms with van der Waals surface area (Å²) in [6.45, 7) is 9.52. The van der Waals surface area contributed by atoms with Gasteiger partial charge in [-0.3, -0.25) is 4.79 Å². The number of carbonyl (C=O) groups is 1. The van der Waals surface area contributed by atoms with Crippen molar-refractivity contribution >= 4 is 16.8 Å². The zero-order valence-corrected chi connectivity index (χ0v) is 22.1. The van der Waals surface area contributed by atoms with Crippen molar-refractivity contribution in [2.24, 2.45) is 40.4 Å². The van der Waals surface area contributed by atoms with E-state index in [-0.39, 0.29) is 11.3 Å². The average Bonchev–Trinajstić information content (AvgIpc) is 3.39. The third-order valence-corrected chi connectivity index (χ3v) is 11.6. The van der Waals surface area contributed by atoms with Crippen LogP contribution in [-0.2, 0) is 17.8 Å². The molecule has 5 heteroatoms. The smallest absolute Gasteiger partial charge is 0.157 e. The number of carbonyl (C=O) groups excluding carboxylic acids is 1. The van der Waals surface area contributed by atoms with E-state index in [0.717, 1.165) is 55.0 Å². The standard InChI is InChI=1S/C30H43N3O2/c1-5-19-6-11-26-25(16-19)31-32-33(26)18-27(34)24-10-9-22-21-8-7-20-17-28(2,35)14-15-29(20,3)23(21)12-13-30(22,24)4/h6,11,16,20-24,35H,5,7-10,12-15,17-18H2,1-4H3/t20-,21+,22+,23+,24-,28-,29+,30+/m1/s1. The number of fused-ring (bicyclic) bond motifs is 6. The Kier molecular flexibility index (Phi) is 5.49. The molecular formula is C30H43N3O2. The molecule has 0 radical (unpaired) electrons. The zero-order chi connectivity index (χ0) is 24.6. The summed E-state index contributed by atoms with van der Waals surface area (Å²) < 4.78 is 1.83. The molecule has 0 spiro atoms. The second kappa shape index (κ2) is 8.13. The number of benzene rings is 1. The van der Waals surface area contributed by atoms with Gasteiger partial charge in [0.05, 0.1) is 11.1 Å². The van der Waals surface area contributed by atoms with Gasteiger partial charge < -0.3 is 5.11 Å². The molecule has 6 rings (SSSR count). The van der Waals surface area contributed by atoms with Crippen LogP contribution in [0.15, 0.2) is 18.2 Å². The number of aryl methyl sites for hydroxylation is 1. The molecule has 0 saturated heterocycles. The molecule has 4 saturated carbocycles. The van der Waals surface area contributed by atoms with Crippen LogP contribution in [0.2, 0.25) is 0 Å². The molecule has 8 atom stereocenters. The van der Waals surface area contributed by atoms with E-state index in [9.17, 15) is 9.90 Å². The van der Waals surface area contributed by atoms with Crippen molar-refractivity contribution in [2.45, 2.75) is 104 Å². The van der Waals surface area contributed by atoms with Gasteiger partial charge in [0, 0.05) is 5.92 Å². The van der Waals surface area contributed by atoms with E-state index < -0.39 is 5.60 Å². The molecule has 4 aliphatic rings. The van der Waals surface area contributed by atoms with E-state index in [1.165, 1.54) is 37.7 Å². The second-order valence-corrected chi connectivity index (χ2v) is 13.4. The lowest BCUT2D eigenvalue weighted by Gasteiger charge is -2.61. The van der Waals surface area contributed by atoms with Gasteiger partial charge in [-0.15, -0.1) is 5.10 Å². The van der Waals surface area contributed by atoms with Crippen molar-refractivity contribution in [1.29, 1.82) is 0 Å². The maximum absolute atomic E-state index is 13.7. The van der Waals surface area contributed by atoms with Crippen molar-refractivity contribution in [3.05, 3.63) is 23.8 Å². The van der Waals surface area contributed by atoms with Gasteiger partial charge in [-0.25, -0.2) is 4.68 Å². The molecule has 2 aromatic rings. The maximum Gasteiger partial charge on any atom is 0.157 e. The van der Waals surface area contributed by atoms with Gasteiger partial charge in [0.25, 0.3) is 0 Å². The zero-order valence-electron chi connectivity index (χ0n) is 22.1. The van der Waals surface area contributed by atoms with Crippen molar-refractivity contribution in [2.75, 3.05) is 0 Å². The van der Waals surface area contributed by atoms with Crippen LogP contribution in [0.5, 0.6) is 0 Å². The molecule has 4 fully saturated rings. The molecule has 5 nitrogen and oxygen atoms in total. The molecule has 1 N–H and O–H groups in total. The van der Waals surface area contributed by atoms with Gasteiger partial charge in [-0.2, -0.15) is 0 Å². The number of rotatable bonds is 4. The Morgan fingerprint density at radius 1 is 1.03 bits per heavy atom. The Hall–Kier alpha value is -1.75. The Morgan fingerprint density at radius 3 is 2.63 bits per heavy atom. The fourth-order valence-electron chi connectivity index (χ4n) is 9.57. The van der Waals surface area contributed by atoms with Crippen LogP contribution in [0.3, 0.4) is 0 Å². The highest BCUT2D eigenvalue weighted by molar-refractivity contribution is 5.84. The van der Waals surface area contributed by atoms with Crippen molar-refractivity contribution < 1.29 is 9.90 Å². The van der Waals surface area contributed by atoms with Crippen LogP contribution in [0, 0.1) is 40.4 Å². The van der Waals surface area contributed by atoms with Crippen LogP contribution in [0.4, 0.5) is 0 Å². The summed E-state index contributed by atoms with van der Waals surface area (Å²) in [7, 11) is 0. The molecule has 0 bridgehead atoms. The lowest BCUT2D eigenvalue weighted by molar-refractivity contribution is -0.151. The van der Waals surface area contributed by atoms with Gasteiger partial charge >= 0.3 is 0 Å². The van der Waals surface area contributed by atoms with Crippen LogP contribution in [-0.4, -0.2) is 31.5 Å². The highest BCUT2D eigenvalue weighted by atomic mass is 16.3. The largest absolute Gasteiger partial charge is 0.390 e. The lowest BCUT2D eigenvalue weighted by atomic mass is 9.44. The summed E-state index contributed by atoms with van der Waals surface area (Å²) in [4.78, 5) is 13.7. The Morgan fingerprint density at radius 2 is 1.83 bits per heavy atom. The van der Waals surface area contributed by atoms with Crippen LogP contribution >= 0.6 is 0 Å². The third kappa shape index (κ3) is 3.62. The predicted molar refractivity (Wildman–Crippen MR) is 138 cm³/mol. The highest BCUT2D eigenvalue weighted by Gasteiger charge is 2.61. The minimum absolute atomic E-state index is 0.118. The minimum atomic E-state index is -0.477. The fourth-order valence-corrected chi connectivity index (χ4v) is 9.57. The van der Waals surface area contributed by atoms with Crippen LogP contribution in [0.25, 0.3) is 11.0 Å². The summed E-state index contributed by atoms with van der Waals surface area (Å²) >= 11 is 0. The predicted octanol–water partition coefficient (Wildman–Crippen LogP) is 5.97. The van der Waals surface area contributed by atoms with E-state index >= 15 is 0 Å². The molecule has 1 heterocycles. The van der Waals surface area contributed by atoms with Gasteiger partial charge in [-0.1, -0.05) is 32.1 Å². The molecular weight excluding hydrogens is 434 g/mol. The SMILES string of the molecule is CCc1ccc2c(c1)nnn2CC(=O)[C@H]1CC[C@H]2[C@@H]3CC[C@@H]4C[C@](C)(O)CC[C@]4(C)[C@H]3CC[C@]12C. The monoisotopic (exact) mass is 477 g/mol. The molecule has 190 valence electrons. The second-order valence-electron chi connectivity index (χ2n) is 13.4. The normalized spacial score (nSPS) is 42.9. The molecule has 1 aromatic heterocycles. The van der Waals surface area contributed by atoms with E-state index in [2.05, 4.69) is 49.3 Å². The fraction of sp³-hybridized carbons (Fsp3) is 0.767. The molecule has 1 aromatic carbocycles. The first-order valence-corrected chi connectivity index (χ1v) is 14.2. The summed E-state index contributed by atoms with van der Waals surface area (Å²) in [6.07, 6.45) is 11.3. The van der Waals surface area contributed by atoms with E-state index in [1.54, 1.807) is 0 Å². The highest BCUT2D eigenvalue weighted by Crippen LogP contribution is 2.68. The van der Waals surface area contributed by atoms with Crippen LogP contribution in [0.1, 0.15) is 91.0 Å². The molecule has 35 heavy (non-hydrogen) atoms. The Balaban J connectivity index is 1.21. The van der Waals surface area contributed by atoms with Crippen LogP contribution < -0.4 is 0 Å². The Bertz CT molecular complexity index is 1140. The first kappa shape index (κ1) is 23.6. The number of ketones is 1. The van der Waals surface area contributed by atoms with Crippen molar-refractivity contribution in [3.63, 3.8) is 0 Å². The van der Waals surface area contributed by atoms with E-state index in [4.69, 9.17) is 0 Å². The summed E-state index contributed by atoms with van der Waals surface area (Å²) in [6, 6.07) is 6.30. The van der Waals surface area contributed by atoms with Gasteiger partial charge in [-0.05, 0) is 123 Å². The first-order chi connectivity index (χ1) is 16.6. The quantitative estimate of drug-likeness (QED) is 0.589. The third-order valence-electron chi connectivity index (χ3n) is 11.6. The number of aliphatic hydroxyl groups is 1. The average molecular weight is 478 g/mol. The minimum Gasteiger partial charge on any atom is -0.390 e. The molecule has 0 unspecified atom stereocenters. The molecule has 4 aliphatic carbocycles.